The molecular weight excluding hydrogens is 1810 g/mol. The van der Waals surface area contributed by atoms with Crippen molar-refractivity contribution in [2.75, 3.05) is 105 Å². The molecule has 40 heteroatoms. The van der Waals surface area contributed by atoms with Crippen LogP contribution in [-0.2, 0) is 75.7 Å². The first-order valence-electron chi connectivity index (χ1n) is 35.0. The molecular formula is C77H85Cl3IK2N15O15S4. The predicted octanol–water partition coefficient (Wildman–Crippen LogP) is 6.21. The SMILES string of the molecule is CCn1c(-c2ccc(N3CCN(C)S3(=O)=O)cc2)c(C#N)c2ccc(OC)cc21.CCn1c(-c2ccc(N3CCNS3(=O)=O)cc2)c(C#N)c2ccc(OC)cc21.CCn1c(-c2ccc(NS(=O)(=O)NCCCl)cc2)c(C#N)c2ccc(OC)cc21.CCn1cc(C#N)c2ccc(OC)cc21.CI.O=CO[O-].O=S(=O)(Cl)NCCCl.[H-].[K+].[K+]. The summed E-state index contributed by atoms with van der Waals surface area (Å²) in [4.78, 5) is 13.2. The van der Waals surface area contributed by atoms with Crippen LogP contribution in [0.4, 0.5) is 17.1 Å². The topological polar surface area (TPSA) is 396 Å². The van der Waals surface area contributed by atoms with Gasteiger partial charge in [0.05, 0.1) is 101 Å². The van der Waals surface area contributed by atoms with E-state index in [2.05, 4.69) is 91.1 Å². The number of rotatable bonds is 22. The summed E-state index contributed by atoms with van der Waals surface area (Å²) in [5, 5.41) is 50.5. The Morgan fingerprint density at radius 1 is 0.538 bits per heavy atom. The Morgan fingerprint density at radius 2 is 0.906 bits per heavy atom. The number of nitrogens with one attached hydrogen (secondary N) is 4. The molecule has 0 amide bonds. The van der Waals surface area contributed by atoms with Gasteiger partial charge in [-0.3, -0.25) is 18.1 Å². The van der Waals surface area contributed by atoms with Gasteiger partial charge in [-0.1, -0.05) is 59.0 Å². The second-order valence-corrected chi connectivity index (χ2v) is 32.4. The van der Waals surface area contributed by atoms with Crippen LogP contribution < -0.4 is 154 Å². The van der Waals surface area contributed by atoms with Crippen molar-refractivity contribution in [1.82, 2.24) is 36.7 Å². The average Bonchev–Trinajstić information content (AvgIpc) is 1.61. The molecule has 2 aliphatic heterocycles. The third kappa shape index (κ3) is 24.7. The van der Waals surface area contributed by atoms with Gasteiger partial charge in [0, 0.05) is 153 Å². The van der Waals surface area contributed by atoms with E-state index in [9.17, 15) is 49.5 Å². The molecule has 7 aromatic carbocycles. The van der Waals surface area contributed by atoms with Crippen LogP contribution in [0.1, 0.15) is 51.4 Å². The first-order valence-corrected chi connectivity index (χ1v) is 44.9. The summed E-state index contributed by atoms with van der Waals surface area (Å²) in [5.74, 6) is 3.42. The van der Waals surface area contributed by atoms with Crippen molar-refractivity contribution in [2.45, 2.75) is 53.9 Å². The molecule has 117 heavy (non-hydrogen) atoms. The summed E-state index contributed by atoms with van der Waals surface area (Å²) in [7, 11) is -1.36. The van der Waals surface area contributed by atoms with Crippen molar-refractivity contribution in [3.63, 3.8) is 0 Å². The number of nitriles is 4. The molecule has 0 spiro atoms. The maximum Gasteiger partial charge on any atom is 1.00 e. The van der Waals surface area contributed by atoms with Crippen LogP contribution >= 0.6 is 56.5 Å². The normalized spacial score (nSPS) is 12.9. The molecule has 0 aliphatic carbocycles. The predicted molar refractivity (Wildman–Crippen MR) is 458 cm³/mol. The van der Waals surface area contributed by atoms with Crippen molar-refractivity contribution in [3.8, 4) is 81.0 Å². The number of nitrogens with zero attached hydrogens (tertiary/aromatic N) is 11. The molecule has 4 N–H and O–H groups in total. The quantitative estimate of drug-likeness (QED) is 0.0111. The minimum atomic E-state index is -3.68. The van der Waals surface area contributed by atoms with Crippen LogP contribution in [0.5, 0.6) is 23.0 Å². The van der Waals surface area contributed by atoms with Gasteiger partial charge in [0.2, 0.25) is 0 Å². The zero-order valence-corrected chi connectivity index (χ0v) is 80.1. The maximum atomic E-state index is 12.4. The molecule has 612 valence electrons. The van der Waals surface area contributed by atoms with Crippen molar-refractivity contribution in [1.29, 1.82) is 21.0 Å². The minimum absolute atomic E-state index is 0. The van der Waals surface area contributed by atoms with E-state index in [0.717, 1.165) is 112 Å². The van der Waals surface area contributed by atoms with E-state index in [1.165, 1.54) is 12.9 Å². The third-order valence-corrected chi connectivity index (χ3v) is 23.7. The number of methoxy groups -OCH3 is 4. The van der Waals surface area contributed by atoms with E-state index >= 15 is 0 Å². The Bertz CT molecular complexity index is 5910. The van der Waals surface area contributed by atoms with Crippen molar-refractivity contribution in [3.05, 3.63) is 174 Å². The number of alkyl halides is 3. The Labute approximate surface area is 796 Å². The van der Waals surface area contributed by atoms with E-state index in [0.29, 0.717) is 79.6 Å². The van der Waals surface area contributed by atoms with E-state index in [4.69, 9.17) is 68.1 Å². The summed E-state index contributed by atoms with van der Waals surface area (Å²) >= 11 is 12.8. The third-order valence-electron chi connectivity index (χ3n) is 17.9. The second kappa shape index (κ2) is 47.4. The molecule has 6 heterocycles. The summed E-state index contributed by atoms with van der Waals surface area (Å²) < 4.78 is 136. The van der Waals surface area contributed by atoms with Crippen LogP contribution in [0.15, 0.2) is 152 Å². The first kappa shape index (κ1) is 101. The number of likely N-dealkylation sites (N-methyl/N-ethyl adjacent to an activating group) is 1. The Balaban J connectivity index is 0.000000316. The Morgan fingerprint density at radius 3 is 1.21 bits per heavy atom. The molecule has 11 aromatic rings. The number of anilines is 3. The molecule has 0 unspecified atom stereocenters. The standard InChI is InChI=1S/C21H22N4O3S.C20H21ClN4O3S.C20H20N4O3S.C12H12N2O.C2H5Cl2NO2S.CH3I.CH2O3.2K.H/c1-4-24-20-13-17(28-3)9-10-18(20)19(14-22)21(24)15-5-7-16(8-6-15)25-12-11-23(2)29(25,26)27;1-3-25-19-12-16(28-2)8-9-17(19)18(13-22)20(25)14-4-6-15(7-5-14)24-29(26,27)23-11-10-21;1-3-23-19-12-16(27-2)8-9-17(19)18(13-21)20(23)14-4-6-15(7-5-14)24-11-10-22-28(24,25)26;1-3-14-8-9(7-13)11-5-4-10(15-2)6-12(11)14;3-1-2-5-8(4,6)7;1-2;2-1-4-3;;;/h5-10,13H,4,11-12H2,1-3H3;4-9,12,23-24H,3,10-11H2,1-2H3;4-9,12,22H,3,10-11H2,1-2H3;4-6,8H,3H2,1-2H3;5H,1-2H2;1H3;1,3H;;;/q;;;;;;;2*+1;-1/p-1. The number of halogens is 4. The molecule has 4 aromatic heterocycles. The maximum absolute atomic E-state index is 12.4. The van der Waals surface area contributed by atoms with Gasteiger partial charge in [0.1, 0.15) is 47.3 Å². The number of hydrogen-bond acceptors (Lipinski definition) is 19. The molecule has 0 radical (unpaired) electrons. The summed E-state index contributed by atoms with van der Waals surface area (Å²) in [6.07, 6.45) is 1.88. The van der Waals surface area contributed by atoms with Crippen LogP contribution in [0.3, 0.4) is 0 Å². The summed E-state index contributed by atoms with van der Waals surface area (Å²) in [6, 6.07) is 53.5. The fourth-order valence-corrected chi connectivity index (χ4v) is 17.2. The average molecular weight is 1900 g/mol. The zero-order chi connectivity index (χ0) is 84.5. The first-order chi connectivity index (χ1) is 55.1. The van der Waals surface area contributed by atoms with Gasteiger partial charge >= 0.3 is 123 Å². The number of benzene rings is 7. The number of hydrogen-bond donors (Lipinski definition) is 4. The minimum Gasteiger partial charge on any atom is -1.00 e. The molecule has 0 atom stereocenters. The van der Waals surface area contributed by atoms with Gasteiger partial charge in [-0.15, -0.1) is 23.2 Å². The van der Waals surface area contributed by atoms with Gasteiger partial charge in [-0.05, 0) is 134 Å². The largest absolute Gasteiger partial charge is 1.00 e. The van der Waals surface area contributed by atoms with E-state index < -0.39 is 39.9 Å². The molecule has 2 aliphatic rings. The van der Waals surface area contributed by atoms with E-state index in [1.54, 1.807) is 84.0 Å². The monoisotopic (exact) mass is 1900 g/mol. The van der Waals surface area contributed by atoms with Crippen molar-refractivity contribution >= 4 is 163 Å². The number of carbonyl (C=O) groups is 1. The van der Waals surface area contributed by atoms with Crippen molar-refractivity contribution < 1.29 is 172 Å². The molecule has 2 saturated heterocycles. The molecule has 2 fully saturated rings. The summed E-state index contributed by atoms with van der Waals surface area (Å²) in [6.45, 7) is 12.8. The second-order valence-electron chi connectivity index (χ2n) is 24.2. The number of ether oxygens (including phenoxy) is 4. The van der Waals surface area contributed by atoms with Gasteiger partial charge in [0.15, 0.2) is 0 Å². The smallest absolute Gasteiger partial charge is 1.00 e. The zero-order valence-electron chi connectivity index (χ0n) is 67.2. The van der Waals surface area contributed by atoms with Crippen LogP contribution in [0.2, 0.25) is 0 Å². The number of aromatic nitrogens is 4. The molecule has 0 bridgehead atoms. The van der Waals surface area contributed by atoms with Gasteiger partial charge in [-0.25, -0.2) is 4.72 Å². The Kier molecular flexibility index (Phi) is 40.8. The van der Waals surface area contributed by atoms with Crippen molar-refractivity contribution in [2.24, 2.45) is 0 Å². The fraction of sp³-hybridized carbons (Fsp3) is 0.286. The van der Waals surface area contributed by atoms with Gasteiger partial charge in [-0.2, -0.15) is 68.5 Å². The van der Waals surface area contributed by atoms with Crippen LogP contribution in [-0.4, -0.2) is 154 Å². The molecule has 13 rings (SSSR count). The van der Waals surface area contributed by atoms with Gasteiger partial charge in [0.25, 0.3) is 25.9 Å². The number of fused-ring (bicyclic) bond motifs is 4. The van der Waals surface area contributed by atoms with E-state index in [1.807, 2.05) is 134 Å². The number of carbonyl (C=O) groups excluding carboxylic acids is 1. The van der Waals surface area contributed by atoms with E-state index in [-0.39, 0.29) is 136 Å². The summed E-state index contributed by atoms with van der Waals surface area (Å²) in [5.41, 5.74) is 12.9. The van der Waals surface area contributed by atoms with Gasteiger partial charge < -0.3 is 48.8 Å². The van der Waals surface area contributed by atoms with Crippen LogP contribution in [0.25, 0.3) is 77.4 Å². The molecule has 30 nitrogen and oxygen atoms in total. The fourth-order valence-electron chi connectivity index (χ4n) is 12.8. The Hall–Kier alpha value is -6.80. The number of aryl methyl sites for hydroxylation is 4. The van der Waals surface area contributed by atoms with Crippen LogP contribution in [0, 0.1) is 45.3 Å². The molecule has 0 saturated carbocycles.